The van der Waals surface area contributed by atoms with Crippen LogP contribution < -0.4 is 5.32 Å². The second-order valence-corrected chi connectivity index (χ2v) is 22.8. The van der Waals surface area contributed by atoms with Crippen LogP contribution in [0.5, 0.6) is 0 Å². The molecule has 350 valence electrons. The van der Waals surface area contributed by atoms with Gasteiger partial charge in [0.25, 0.3) is 26.0 Å². The van der Waals surface area contributed by atoms with E-state index in [-0.39, 0.29) is 31.7 Å². The number of halogens is 2. The number of fused-ring (bicyclic) bond motifs is 2. The highest BCUT2D eigenvalue weighted by molar-refractivity contribution is 7.90. The third-order valence-electron chi connectivity index (χ3n) is 12.2. The molecular weight excluding hydrogens is 881 g/mol. The van der Waals surface area contributed by atoms with E-state index >= 15 is 0 Å². The molecular formula is C45H57F2N9O7S2. The molecule has 2 aliphatic rings. The monoisotopic (exact) mass is 937 g/mol. The summed E-state index contributed by atoms with van der Waals surface area (Å²) >= 11 is 0. The smallest absolute Gasteiger partial charge is 0.338 e. The summed E-state index contributed by atoms with van der Waals surface area (Å²) in [6.45, 7) is 13.8. The number of amides is 1. The molecule has 16 nitrogen and oxygen atoms in total. The Bertz CT molecular complexity index is 2940. The highest BCUT2D eigenvalue weighted by Crippen LogP contribution is 2.35. The van der Waals surface area contributed by atoms with Gasteiger partial charge in [0.1, 0.15) is 24.0 Å². The predicted molar refractivity (Wildman–Crippen MR) is 241 cm³/mol. The molecule has 2 fully saturated rings. The molecule has 2 aliphatic carbocycles. The van der Waals surface area contributed by atoms with Crippen LogP contribution in [-0.2, 0) is 44.0 Å². The fourth-order valence-corrected chi connectivity index (χ4v) is 10.9. The van der Waals surface area contributed by atoms with Crippen molar-refractivity contribution in [3.63, 3.8) is 0 Å². The number of carboxylic acid groups (broad SMARTS) is 1. The minimum absolute atomic E-state index is 0.0203. The van der Waals surface area contributed by atoms with E-state index < -0.39 is 44.3 Å². The zero-order chi connectivity index (χ0) is 47.2. The Balaban J connectivity index is 0.000000194. The van der Waals surface area contributed by atoms with E-state index in [4.69, 9.17) is 15.1 Å². The number of nitrogens with zero attached hydrogens (tertiary/aromatic N) is 8. The van der Waals surface area contributed by atoms with Crippen molar-refractivity contribution in [2.45, 2.75) is 139 Å². The first kappa shape index (κ1) is 47.5. The first-order chi connectivity index (χ1) is 30.5. The molecule has 20 heteroatoms. The maximum Gasteiger partial charge on any atom is 0.338 e. The van der Waals surface area contributed by atoms with E-state index in [9.17, 15) is 35.2 Å². The van der Waals surface area contributed by atoms with Gasteiger partial charge in [0, 0.05) is 31.0 Å². The molecule has 2 aromatic carbocycles. The van der Waals surface area contributed by atoms with Gasteiger partial charge < -0.3 is 19.6 Å². The maximum absolute atomic E-state index is 13.6. The average molecular weight is 938 g/mol. The van der Waals surface area contributed by atoms with Crippen molar-refractivity contribution < 1.29 is 40.3 Å². The number of carbonyl (C=O) groups excluding carboxylic acids is 1. The van der Waals surface area contributed by atoms with Gasteiger partial charge in [-0.05, 0) is 99.6 Å². The van der Waals surface area contributed by atoms with Crippen LogP contribution in [0.25, 0.3) is 22.1 Å². The summed E-state index contributed by atoms with van der Waals surface area (Å²) in [5.74, 6) is 0.764. The number of rotatable bonds is 10. The van der Waals surface area contributed by atoms with Gasteiger partial charge in [-0.25, -0.2) is 23.5 Å². The third-order valence-corrected chi connectivity index (χ3v) is 15.2. The Labute approximate surface area is 377 Å². The summed E-state index contributed by atoms with van der Waals surface area (Å²) in [7, 11) is -6.59. The number of hydrogen-bond acceptors (Lipinski definition) is 10. The van der Waals surface area contributed by atoms with Crippen LogP contribution in [0, 0.1) is 11.8 Å². The molecule has 2 saturated carbocycles. The number of carbonyl (C=O) groups is 2. The van der Waals surface area contributed by atoms with E-state index in [0.717, 1.165) is 71.4 Å². The second-order valence-electron chi connectivity index (χ2n) is 19.2. The van der Waals surface area contributed by atoms with Crippen LogP contribution in [0.2, 0.25) is 0 Å². The number of imidazole rings is 2. The van der Waals surface area contributed by atoms with E-state index in [0.29, 0.717) is 59.2 Å². The molecule has 8 rings (SSSR count). The molecule has 65 heavy (non-hydrogen) atoms. The topological polar surface area (TPSA) is 206 Å². The van der Waals surface area contributed by atoms with Crippen molar-refractivity contribution in [2.24, 2.45) is 11.8 Å². The van der Waals surface area contributed by atoms with Crippen LogP contribution in [0.4, 0.5) is 8.78 Å². The van der Waals surface area contributed by atoms with Crippen molar-refractivity contribution in [1.29, 1.82) is 0 Å². The zero-order valence-corrected chi connectivity index (χ0v) is 39.3. The van der Waals surface area contributed by atoms with E-state index in [1.807, 2.05) is 0 Å². The molecule has 1 amide bonds. The highest BCUT2D eigenvalue weighted by atomic mass is 32.2. The van der Waals surface area contributed by atoms with Crippen molar-refractivity contribution >= 4 is 54.0 Å². The Hall–Kier alpha value is -5.50. The Kier molecular flexibility index (Phi) is 13.2. The van der Waals surface area contributed by atoms with Crippen molar-refractivity contribution in [1.82, 2.24) is 42.8 Å². The number of nitrogens with one attached hydrogen (secondary N) is 1. The maximum atomic E-state index is 13.6. The van der Waals surface area contributed by atoms with Gasteiger partial charge >= 0.3 is 5.97 Å². The van der Waals surface area contributed by atoms with Gasteiger partial charge in [0.2, 0.25) is 0 Å². The molecule has 0 aliphatic heterocycles. The number of hydrogen-bond donors (Lipinski definition) is 2. The van der Waals surface area contributed by atoms with Crippen LogP contribution in [-0.4, -0.2) is 90.7 Å². The Morgan fingerprint density at radius 1 is 0.662 bits per heavy atom. The Morgan fingerprint density at radius 2 is 1.05 bits per heavy atom. The fourth-order valence-electron chi connectivity index (χ4n) is 8.64. The lowest BCUT2D eigenvalue weighted by Gasteiger charge is -2.27. The lowest BCUT2D eigenvalue weighted by Crippen LogP contribution is -2.24. The van der Waals surface area contributed by atoms with E-state index in [1.54, 1.807) is 24.3 Å². The minimum atomic E-state index is -4.06. The summed E-state index contributed by atoms with van der Waals surface area (Å²) < 4.78 is 85.2. The molecule has 0 radical (unpaired) electrons. The number of aromatic nitrogens is 8. The molecule has 0 atom stereocenters. The van der Waals surface area contributed by atoms with Crippen molar-refractivity contribution in [3.05, 3.63) is 84.0 Å². The normalized spacial score (nSPS) is 19.8. The van der Waals surface area contributed by atoms with Gasteiger partial charge in [-0.2, -0.15) is 35.2 Å². The lowest BCUT2D eigenvalue weighted by atomic mass is 9.87. The number of aromatic carboxylic acids is 1. The lowest BCUT2D eigenvalue weighted by molar-refractivity contribution is 0.0696. The second kappa shape index (κ2) is 18.1. The predicted octanol–water partition coefficient (Wildman–Crippen LogP) is 7.65. The largest absolute Gasteiger partial charge is 0.478 e. The molecule has 6 aromatic rings. The van der Waals surface area contributed by atoms with Crippen molar-refractivity contribution in [3.8, 4) is 0 Å². The van der Waals surface area contributed by atoms with Crippen molar-refractivity contribution in [2.75, 3.05) is 7.05 Å². The molecule has 2 N–H and O–H groups in total. The summed E-state index contributed by atoms with van der Waals surface area (Å²) in [5, 5.41) is 19.1. The molecule has 0 saturated heterocycles. The molecule has 0 bridgehead atoms. The number of benzene rings is 2. The zero-order valence-electron chi connectivity index (χ0n) is 37.7. The molecule has 0 spiro atoms. The van der Waals surface area contributed by atoms with Crippen LogP contribution in [0.15, 0.2) is 71.0 Å². The third kappa shape index (κ3) is 10.0. The average Bonchev–Trinajstić information content (AvgIpc) is 4.08. The van der Waals surface area contributed by atoms with E-state index in [1.165, 1.54) is 31.6 Å². The first-order valence-electron chi connectivity index (χ1n) is 21.8. The van der Waals surface area contributed by atoms with Crippen LogP contribution in [0.1, 0.15) is 125 Å². The molecule has 4 heterocycles. The van der Waals surface area contributed by atoms with Gasteiger partial charge in [0.15, 0.2) is 0 Å². The molecule has 4 aromatic heterocycles. The standard InChI is InChI=1S/C23H30FN5O3S.C22H27FN4O4S/c1-23(2,3)22-27-19-11-18(33(31,32)29-14-16(12-26-29)21(30)25-4)9-10-20(19)28(22)13-15-5-7-17(24)8-6-15;1-22(2,3)21-25-18-10-17(32(30,31)27-13-15(11-24-27)20(28)29)8-9-19(18)26(21)12-14-4-6-16(23)7-5-14/h9-12,14-15,17H,5-8,13H2,1-4H3,(H,25,30);8-11,13-14,16H,4-7,12H2,1-3H3,(H,28,29). The summed E-state index contributed by atoms with van der Waals surface area (Å²) in [6, 6.07) is 9.58. The number of alkyl halides is 2. The van der Waals surface area contributed by atoms with Crippen LogP contribution in [0.3, 0.4) is 0 Å². The molecule has 0 unspecified atom stereocenters. The summed E-state index contributed by atoms with van der Waals surface area (Å²) in [4.78, 5) is 32.5. The highest BCUT2D eigenvalue weighted by Gasteiger charge is 2.31. The quantitative estimate of drug-likeness (QED) is 0.136. The van der Waals surface area contributed by atoms with Gasteiger partial charge in [-0.15, -0.1) is 0 Å². The van der Waals surface area contributed by atoms with Gasteiger partial charge in [0.05, 0.1) is 67.8 Å². The SMILES string of the molecule is CC(C)(C)c1nc2cc(S(=O)(=O)n3cc(C(=O)O)cn3)ccc2n1CC1CCC(F)CC1.CNC(=O)c1cnn(S(=O)(=O)c2ccc3c(c2)nc(C(C)(C)C)n3CC2CCC(F)CC2)c1. The first-order valence-corrected chi connectivity index (χ1v) is 24.7. The van der Waals surface area contributed by atoms with Crippen LogP contribution >= 0.6 is 0 Å². The Morgan fingerprint density at radius 3 is 1.40 bits per heavy atom. The minimum Gasteiger partial charge on any atom is -0.478 e. The number of carboxylic acids is 1. The fraction of sp³-hybridized carbons (Fsp3) is 0.511. The van der Waals surface area contributed by atoms with Gasteiger partial charge in [-0.3, -0.25) is 4.79 Å². The summed E-state index contributed by atoms with van der Waals surface area (Å²) in [5.41, 5.74) is 2.23. The van der Waals surface area contributed by atoms with E-state index in [2.05, 4.69) is 66.2 Å². The summed E-state index contributed by atoms with van der Waals surface area (Å²) in [6.07, 6.45) is 8.60. The van der Waals surface area contributed by atoms with Gasteiger partial charge in [-0.1, -0.05) is 41.5 Å².